The standard InChI is InChI=1S/C16H24INO/c1-2-9-18-16(12-13-7-10-19-11-8-13)14-5-3-4-6-15(14)17/h3-6,13,16,18H,2,7-12H2,1H3. The number of ether oxygens (including phenoxy) is 1. The number of halogens is 1. The third-order valence-corrected chi connectivity index (χ3v) is 4.81. The zero-order valence-corrected chi connectivity index (χ0v) is 13.9. The van der Waals surface area contributed by atoms with Crippen molar-refractivity contribution < 1.29 is 4.74 Å². The predicted molar refractivity (Wildman–Crippen MR) is 88.4 cm³/mol. The number of benzene rings is 1. The Morgan fingerprint density at radius 2 is 2.05 bits per heavy atom. The van der Waals surface area contributed by atoms with E-state index in [9.17, 15) is 0 Å². The molecule has 19 heavy (non-hydrogen) atoms. The molecule has 1 aliphatic heterocycles. The van der Waals surface area contributed by atoms with Gasteiger partial charge < -0.3 is 10.1 Å². The summed E-state index contributed by atoms with van der Waals surface area (Å²) in [5.41, 5.74) is 1.46. The van der Waals surface area contributed by atoms with E-state index in [1.165, 1.54) is 34.8 Å². The van der Waals surface area contributed by atoms with E-state index >= 15 is 0 Å². The summed E-state index contributed by atoms with van der Waals surface area (Å²) in [6.07, 6.45) is 4.86. The van der Waals surface area contributed by atoms with Crippen LogP contribution in [0.5, 0.6) is 0 Å². The molecule has 0 saturated carbocycles. The minimum atomic E-state index is 0.496. The maximum Gasteiger partial charge on any atom is 0.0468 e. The fraction of sp³-hybridized carbons (Fsp3) is 0.625. The van der Waals surface area contributed by atoms with Crippen molar-refractivity contribution >= 4 is 22.6 Å². The molecule has 1 aliphatic rings. The van der Waals surface area contributed by atoms with Gasteiger partial charge in [0.15, 0.2) is 0 Å². The first-order chi connectivity index (χ1) is 9.31. The molecule has 0 aromatic heterocycles. The minimum absolute atomic E-state index is 0.496. The van der Waals surface area contributed by atoms with Gasteiger partial charge in [-0.3, -0.25) is 0 Å². The van der Waals surface area contributed by atoms with Gasteiger partial charge in [0.25, 0.3) is 0 Å². The summed E-state index contributed by atoms with van der Waals surface area (Å²) in [6, 6.07) is 9.25. The molecule has 0 amide bonds. The summed E-state index contributed by atoms with van der Waals surface area (Å²) in [4.78, 5) is 0. The highest BCUT2D eigenvalue weighted by molar-refractivity contribution is 14.1. The van der Waals surface area contributed by atoms with Crippen LogP contribution in [0.1, 0.15) is 44.2 Å². The Labute approximate surface area is 130 Å². The van der Waals surface area contributed by atoms with E-state index in [2.05, 4.69) is 59.1 Å². The molecule has 0 aliphatic carbocycles. The van der Waals surface area contributed by atoms with Gasteiger partial charge in [0, 0.05) is 22.8 Å². The van der Waals surface area contributed by atoms with Crippen LogP contribution in [-0.2, 0) is 4.74 Å². The summed E-state index contributed by atoms with van der Waals surface area (Å²) in [5, 5.41) is 3.73. The maximum atomic E-state index is 5.47. The molecular formula is C16H24INO. The second-order valence-electron chi connectivity index (χ2n) is 5.32. The molecule has 106 valence electrons. The van der Waals surface area contributed by atoms with Crippen molar-refractivity contribution in [2.45, 2.75) is 38.6 Å². The van der Waals surface area contributed by atoms with Crippen molar-refractivity contribution in [2.24, 2.45) is 5.92 Å². The van der Waals surface area contributed by atoms with Crippen LogP contribution in [0.25, 0.3) is 0 Å². The Morgan fingerprint density at radius 1 is 1.32 bits per heavy atom. The molecule has 3 heteroatoms. The molecule has 2 rings (SSSR count). The highest BCUT2D eigenvalue weighted by Gasteiger charge is 2.21. The van der Waals surface area contributed by atoms with Crippen LogP contribution in [-0.4, -0.2) is 19.8 Å². The van der Waals surface area contributed by atoms with E-state index in [0.29, 0.717) is 6.04 Å². The lowest BCUT2D eigenvalue weighted by Gasteiger charge is -2.28. The van der Waals surface area contributed by atoms with Crippen molar-refractivity contribution in [3.8, 4) is 0 Å². The van der Waals surface area contributed by atoms with Crippen molar-refractivity contribution in [3.05, 3.63) is 33.4 Å². The Kier molecular flexibility index (Phi) is 6.61. The summed E-state index contributed by atoms with van der Waals surface area (Å²) >= 11 is 2.46. The summed E-state index contributed by atoms with van der Waals surface area (Å²) in [7, 11) is 0. The smallest absolute Gasteiger partial charge is 0.0468 e. The molecule has 1 unspecified atom stereocenters. The van der Waals surface area contributed by atoms with E-state index in [1.54, 1.807) is 0 Å². The molecule has 1 N–H and O–H groups in total. The Hall–Kier alpha value is -0.130. The molecule has 2 nitrogen and oxygen atoms in total. The van der Waals surface area contributed by atoms with Gasteiger partial charge in [-0.15, -0.1) is 0 Å². The highest BCUT2D eigenvalue weighted by atomic mass is 127. The monoisotopic (exact) mass is 373 g/mol. The fourth-order valence-electron chi connectivity index (χ4n) is 2.71. The largest absolute Gasteiger partial charge is 0.381 e. The minimum Gasteiger partial charge on any atom is -0.381 e. The van der Waals surface area contributed by atoms with Gasteiger partial charge in [-0.05, 0) is 72.4 Å². The molecule has 1 heterocycles. The molecular weight excluding hydrogens is 349 g/mol. The van der Waals surface area contributed by atoms with Crippen LogP contribution >= 0.6 is 22.6 Å². The molecule has 1 aromatic carbocycles. The topological polar surface area (TPSA) is 21.3 Å². The van der Waals surface area contributed by atoms with Crippen molar-refractivity contribution in [3.63, 3.8) is 0 Å². The van der Waals surface area contributed by atoms with Gasteiger partial charge in [-0.1, -0.05) is 25.1 Å². The van der Waals surface area contributed by atoms with E-state index in [4.69, 9.17) is 4.74 Å². The van der Waals surface area contributed by atoms with Gasteiger partial charge >= 0.3 is 0 Å². The van der Waals surface area contributed by atoms with Crippen LogP contribution in [0.4, 0.5) is 0 Å². The average molecular weight is 373 g/mol. The third kappa shape index (κ3) is 4.72. The Balaban J connectivity index is 2.04. The van der Waals surface area contributed by atoms with Crippen LogP contribution < -0.4 is 5.32 Å². The lowest BCUT2D eigenvalue weighted by Crippen LogP contribution is -2.27. The van der Waals surface area contributed by atoms with Crippen LogP contribution in [0.2, 0.25) is 0 Å². The van der Waals surface area contributed by atoms with Crippen molar-refractivity contribution in [1.82, 2.24) is 5.32 Å². The van der Waals surface area contributed by atoms with Gasteiger partial charge in [0.1, 0.15) is 0 Å². The maximum absolute atomic E-state index is 5.47. The molecule has 1 saturated heterocycles. The second kappa shape index (κ2) is 8.22. The van der Waals surface area contributed by atoms with Gasteiger partial charge in [-0.25, -0.2) is 0 Å². The van der Waals surface area contributed by atoms with Crippen LogP contribution in [0.3, 0.4) is 0 Å². The number of rotatable bonds is 6. The number of hydrogen-bond donors (Lipinski definition) is 1. The van der Waals surface area contributed by atoms with Crippen LogP contribution in [0.15, 0.2) is 24.3 Å². The van der Waals surface area contributed by atoms with Crippen molar-refractivity contribution in [2.75, 3.05) is 19.8 Å². The summed E-state index contributed by atoms with van der Waals surface area (Å²) in [6.45, 7) is 5.21. The van der Waals surface area contributed by atoms with Gasteiger partial charge in [0.05, 0.1) is 0 Å². The highest BCUT2D eigenvalue weighted by Crippen LogP contribution is 2.29. The zero-order valence-electron chi connectivity index (χ0n) is 11.7. The molecule has 0 spiro atoms. The van der Waals surface area contributed by atoms with E-state index < -0.39 is 0 Å². The second-order valence-corrected chi connectivity index (χ2v) is 6.48. The zero-order chi connectivity index (χ0) is 13.5. The lowest BCUT2D eigenvalue weighted by molar-refractivity contribution is 0.0605. The first-order valence-corrected chi connectivity index (χ1v) is 8.44. The average Bonchev–Trinajstić information content (AvgIpc) is 2.45. The predicted octanol–water partition coefficient (Wildman–Crippen LogP) is 4.15. The lowest BCUT2D eigenvalue weighted by atomic mass is 9.89. The molecule has 1 atom stereocenters. The van der Waals surface area contributed by atoms with Gasteiger partial charge in [-0.2, -0.15) is 0 Å². The number of hydrogen-bond acceptors (Lipinski definition) is 2. The van der Waals surface area contributed by atoms with Crippen LogP contribution in [0, 0.1) is 9.49 Å². The fourth-order valence-corrected chi connectivity index (χ4v) is 3.48. The normalized spacial score (nSPS) is 18.4. The molecule has 1 fully saturated rings. The third-order valence-electron chi connectivity index (χ3n) is 3.83. The number of nitrogens with one attached hydrogen (secondary N) is 1. The SMILES string of the molecule is CCCNC(CC1CCOCC1)c1ccccc1I. The molecule has 0 bridgehead atoms. The first kappa shape index (κ1) is 15.3. The van der Waals surface area contributed by atoms with E-state index in [0.717, 1.165) is 25.7 Å². The quantitative estimate of drug-likeness (QED) is 0.757. The molecule has 1 aromatic rings. The Morgan fingerprint density at radius 3 is 2.74 bits per heavy atom. The van der Waals surface area contributed by atoms with E-state index in [1.807, 2.05) is 0 Å². The van der Waals surface area contributed by atoms with E-state index in [-0.39, 0.29) is 0 Å². The van der Waals surface area contributed by atoms with Gasteiger partial charge in [0.2, 0.25) is 0 Å². The molecule has 0 radical (unpaired) electrons. The summed E-state index contributed by atoms with van der Waals surface area (Å²) in [5.74, 6) is 0.805. The van der Waals surface area contributed by atoms with Crippen molar-refractivity contribution in [1.29, 1.82) is 0 Å². The summed E-state index contributed by atoms with van der Waals surface area (Å²) < 4.78 is 6.85. The Bertz CT molecular complexity index is 377. The first-order valence-electron chi connectivity index (χ1n) is 7.36.